The van der Waals surface area contributed by atoms with Gasteiger partial charge in [0, 0.05) is 17.4 Å². The summed E-state index contributed by atoms with van der Waals surface area (Å²) in [6.07, 6.45) is 0. The topological polar surface area (TPSA) is 38.8 Å². The first-order valence-corrected chi connectivity index (χ1v) is 7.50. The zero-order chi connectivity index (χ0) is 13.6. The number of nitrogens with zero attached hydrogens (tertiary/aromatic N) is 1. The third kappa shape index (κ3) is 1.75. The summed E-state index contributed by atoms with van der Waals surface area (Å²) < 4.78 is 11.4. The molecule has 4 nitrogen and oxygen atoms in total. The summed E-state index contributed by atoms with van der Waals surface area (Å²) in [6, 6.07) is 4.08. The lowest BCUT2D eigenvalue weighted by atomic mass is 10.0. The first-order chi connectivity index (χ1) is 9.10. The van der Waals surface area contributed by atoms with E-state index in [1.807, 2.05) is 19.9 Å². The maximum Gasteiger partial charge on any atom is 0.292 e. The van der Waals surface area contributed by atoms with Crippen LogP contribution in [0.15, 0.2) is 12.1 Å². The van der Waals surface area contributed by atoms with Crippen molar-refractivity contribution in [2.24, 2.45) is 0 Å². The maximum atomic E-state index is 12.7. The number of carbonyl (C=O) groups is 1. The summed E-state index contributed by atoms with van der Waals surface area (Å²) in [5.74, 6) is -1.30. The highest BCUT2D eigenvalue weighted by atomic mass is 79.9. The number of alkyl halides is 1. The molecule has 19 heavy (non-hydrogen) atoms. The van der Waals surface area contributed by atoms with E-state index in [0.717, 1.165) is 27.7 Å². The number of rotatable bonds is 2. The number of anilines is 1. The fourth-order valence-electron chi connectivity index (χ4n) is 2.95. The van der Waals surface area contributed by atoms with Crippen LogP contribution in [0.2, 0.25) is 0 Å². The van der Waals surface area contributed by atoms with Crippen molar-refractivity contribution in [2.75, 3.05) is 30.0 Å². The highest BCUT2D eigenvalue weighted by molar-refractivity contribution is 9.09. The lowest BCUT2D eigenvalue weighted by Gasteiger charge is -2.21. The predicted octanol–water partition coefficient (Wildman–Crippen LogP) is 2.24. The van der Waals surface area contributed by atoms with Gasteiger partial charge in [0.1, 0.15) is 0 Å². The molecule has 0 aromatic heterocycles. The van der Waals surface area contributed by atoms with Crippen molar-refractivity contribution in [1.82, 2.24) is 0 Å². The molecule has 0 saturated carbocycles. The van der Waals surface area contributed by atoms with Gasteiger partial charge >= 0.3 is 0 Å². The largest absolute Gasteiger partial charge is 0.336 e. The summed E-state index contributed by atoms with van der Waals surface area (Å²) in [5, 5.41) is 0.724. The number of hydrogen-bond donors (Lipinski definition) is 0. The molecule has 2 heterocycles. The van der Waals surface area contributed by atoms with E-state index in [1.165, 1.54) is 0 Å². The maximum absolute atomic E-state index is 12.7. The van der Waals surface area contributed by atoms with Gasteiger partial charge in [-0.3, -0.25) is 4.79 Å². The van der Waals surface area contributed by atoms with Crippen LogP contribution in [0.1, 0.15) is 16.7 Å². The second-order valence-electron chi connectivity index (χ2n) is 4.94. The second kappa shape index (κ2) is 4.58. The van der Waals surface area contributed by atoms with Gasteiger partial charge in [-0.1, -0.05) is 27.6 Å². The molecular formula is C14H16BrNO3. The standard InChI is InChI=1S/C14H16BrNO3/c1-9-7-10(2)12-11(8-9)14(18-5-6-19-14)13(17)16(12)4-3-15/h7-8H,3-6H2,1-2H3. The van der Waals surface area contributed by atoms with Crippen molar-refractivity contribution >= 4 is 27.5 Å². The van der Waals surface area contributed by atoms with E-state index >= 15 is 0 Å². The van der Waals surface area contributed by atoms with Crippen LogP contribution in [0.3, 0.4) is 0 Å². The van der Waals surface area contributed by atoms with Gasteiger partial charge in [0.15, 0.2) is 0 Å². The number of ether oxygens (including phenoxy) is 2. The normalized spacial score (nSPS) is 20.4. The van der Waals surface area contributed by atoms with Crippen LogP contribution in [0.4, 0.5) is 5.69 Å². The Balaban J connectivity index is 2.21. The average molecular weight is 326 g/mol. The molecule has 1 fully saturated rings. The van der Waals surface area contributed by atoms with E-state index < -0.39 is 5.79 Å². The van der Waals surface area contributed by atoms with E-state index in [0.29, 0.717) is 19.8 Å². The third-order valence-electron chi connectivity index (χ3n) is 3.60. The van der Waals surface area contributed by atoms with Gasteiger partial charge in [-0.15, -0.1) is 0 Å². The molecule has 2 aliphatic heterocycles. The van der Waals surface area contributed by atoms with E-state index in [4.69, 9.17) is 9.47 Å². The molecule has 1 spiro atoms. The molecule has 1 saturated heterocycles. The van der Waals surface area contributed by atoms with Gasteiger partial charge < -0.3 is 14.4 Å². The molecule has 0 unspecified atom stereocenters. The highest BCUT2D eigenvalue weighted by Gasteiger charge is 2.56. The molecule has 5 heteroatoms. The summed E-state index contributed by atoms with van der Waals surface area (Å²) in [5.41, 5.74) is 3.99. The van der Waals surface area contributed by atoms with Crippen LogP contribution in [0.25, 0.3) is 0 Å². The average Bonchev–Trinajstić information content (AvgIpc) is 2.92. The van der Waals surface area contributed by atoms with Crippen LogP contribution < -0.4 is 4.90 Å². The van der Waals surface area contributed by atoms with Crippen LogP contribution in [0, 0.1) is 13.8 Å². The van der Waals surface area contributed by atoms with Crippen LogP contribution >= 0.6 is 15.9 Å². The number of carbonyl (C=O) groups excluding carboxylic acids is 1. The van der Waals surface area contributed by atoms with Gasteiger partial charge in [0.25, 0.3) is 11.7 Å². The smallest absolute Gasteiger partial charge is 0.292 e. The van der Waals surface area contributed by atoms with E-state index in [2.05, 4.69) is 22.0 Å². The van der Waals surface area contributed by atoms with Gasteiger partial charge in [-0.25, -0.2) is 0 Å². The van der Waals surface area contributed by atoms with E-state index in [1.54, 1.807) is 4.90 Å². The van der Waals surface area contributed by atoms with E-state index in [-0.39, 0.29) is 5.91 Å². The Morgan fingerprint density at radius 3 is 2.63 bits per heavy atom. The SMILES string of the molecule is Cc1cc(C)c2c(c1)C1(OCCO1)C(=O)N2CCBr. The van der Waals surface area contributed by atoms with E-state index in [9.17, 15) is 4.79 Å². The molecule has 0 atom stereocenters. The number of hydrogen-bond acceptors (Lipinski definition) is 3. The third-order valence-corrected chi connectivity index (χ3v) is 3.95. The molecule has 2 aliphatic rings. The minimum atomic E-state index is -1.20. The Hall–Kier alpha value is -0.910. The molecule has 102 valence electrons. The van der Waals surface area contributed by atoms with Crippen molar-refractivity contribution < 1.29 is 14.3 Å². The molecule has 1 aromatic carbocycles. The van der Waals surface area contributed by atoms with Crippen molar-refractivity contribution in [3.63, 3.8) is 0 Å². The Labute approximate surface area is 120 Å². The van der Waals surface area contributed by atoms with Crippen molar-refractivity contribution in [1.29, 1.82) is 0 Å². The predicted molar refractivity (Wildman–Crippen MR) is 75.6 cm³/mol. The number of amides is 1. The quantitative estimate of drug-likeness (QED) is 0.783. The fraction of sp³-hybridized carbons (Fsp3) is 0.500. The zero-order valence-electron chi connectivity index (χ0n) is 11.0. The number of fused-ring (bicyclic) bond motifs is 2. The second-order valence-corrected chi connectivity index (χ2v) is 5.73. The Kier molecular flexibility index (Phi) is 3.15. The summed E-state index contributed by atoms with van der Waals surface area (Å²) in [6.45, 7) is 5.58. The molecule has 0 N–H and O–H groups in total. The molecule has 3 rings (SSSR count). The van der Waals surface area contributed by atoms with Crippen molar-refractivity contribution in [3.05, 3.63) is 28.8 Å². The van der Waals surface area contributed by atoms with Gasteiger partial charge in [-0.05, 0) is 25.5 Å². The van der Waals surface area contributed by atoms with Crippen molar-refractivity contribution in [3.8, 4) is 0 Å². The highest BCUT2D eigenvalue weighted by Crippen LogP contribution is 2.47. The van der Waals surface area contributed by atoms with Gasteiger partial charge in [-0.2, -0.15) is 0 Å². The molecule has 0 radical (unpaired) electrons. The monoisotopic (exact) mass is 325 g/mol. The van der Waals surface area contributed by atoms with Crippen molar-refractivity contribution in [2.45, 2.75) is 19.6 Å². The minimum absolute atomic E-state index is 0.104. The van der Waals surface area contributed by atoms with Crippen LogP contribution in [0.5, 0.6) is 0 Å². The lowest BCUT2D eigenvalue weighted by molar-refractivity contribution is -0.180. The fourth-order valence-corrected chi connectivity index (χ4v) is 3.31. The summed E-state index contributed by atoms with van der Waals surface area (Å²) >= 11 is 3.40. The van der Waals surface area contributed by atoms with Gasteiger partial charge in [0.05, 0.1) is 18.9 Å². The van der Waals surface area contributed by atoms with Crippen LogP contribution in [-0.2, 0) is 20.1 Å². The number of benzene rings is 1. The summed E-state index contributed by atoms with van der Waals surface area (Å²) in [7, 11) is 0. The Morgan fingerprint density at radius 2 is 2.00 bits per heavy atom. The molecule has 1 amide bonds. The Morgan fingerprint density at radius 1 is 1.32 bits per heavy atom. The molecule has 0 aliphatic carbocycles. The summed E-state index contributed by atoms with van der Waals surface area (Å²) in [4.78, 5) is 14.5. The minimum Gasteiger partial charge on any atom is -0.336 e. The lowest BCUT2D eigenvalue weighted by Crippen LogP contribution is -2.42. The molecule has 1 aromatic rings. The van der Waals surface area contributed by atoms with Gasteiger partial charge in [0.2, 0.25) is 0 Å². The number of aryl methyl sites for hydroxylation is 2. The first kappa shape index (κ1) is 13.1. The Bertz CT molecular complexity index is 538. The molecule has 0 bridgehead atoms. The number of halogens is 1. The van der Waals surface area contributed by atoms with Crippen LogP contribution in [-0.4, -0.2) is 31.0 Å². The zero-order valence-corrected chi connectivity index (χ0v) is 12.6. The first-order valence-electron chi connectivity index (χ1n) is 6.38. The molecular weight excluding hydrogens is 310 g/mol.